The van der Waals surface area contributed by atoms with Crippen LogP contribution in [0.1, 0.15) is 23.2 Å². The van der Waals surface area contributed by atoms with Crippen LogP contribution in [0.5, 0.6) is 0 Å². The monoisotopic (exact) mass is 503 g/mol. The molecule has 2 aromatic carbocycles. The molecule has 8 nitrogen and oxygen atoms in total. The van der Waals surface area contributed by atoms with E-state index < -0.39 is 27.7 Å². The van der Waals surface area contributed by atoms with E-state index in [1.807, 2.05) is 0 Å². The summed E-state index contributed by atoms with van der Waals surface area (Å²) in [5, 5.41) is 4.97. The summed E-state index contributed by atoms with van der Waals surface area (Å²) in [6.07, 6.45) is 1.09. The topological polar surface area (TPSA) is 106 Å². The molecule has 1 aromatic heterocycles. The van der Waals surface area contributed by atoms with Gasteiger partial charge >= 0.3 is 5.97 Å². The molecule has 3 aromatic rings. The number of benzene rings is 2. The molecule has 34 heavy (non-hydrogen) atoms. The first kappa shape index (κ1) is 24.0. The molecule has 1 unspecified atom stereocenters. The van der Waals surface area contributed by atoms with Crippen LogP contribution in [0.3, 0.4) is 0 Å². The number of rotatable bonds is 6. The Morgan fingerprint density at radius 1 is 1.15 bits per heavy atom. The highest BCUT2D eigenvalue weighted by Gasteiger charge is 2.33. The number of halogens is 1. The van der Waals surface area contributed by atoms with Crippen molar-refractivity contribution in [2.75, 3.05) is 25.5 Å². The number of methoxy groups -OCH3 is 1. The molecule has 1 N–H and O–H groups in total. The quantitative estimate of drug-likeness (QED) is 0.514. The van der Waals surface area contributed by atoms with Gasteiger partial charge in [0.1, 0.15) is 5.82 Å². The van der Waals surface area contributed by atoms with E-state index in [9.17, 15) is 22.4 Å². The lowest BCUT2D eigenvalue weighted by Crippen LogP contribution is -2.43. The predicted octanol–water partition coefficient (Wildman–Crippen LogP) is 3.78. The molecule has 1 aliphatic rings. The molecule has 0 aliphatic carbocycles. The molecule has 0 saturated carbocycles. The van der Waals surface area contributed by atoms with Crippen LogP contribution in [0.25, 0.3) is 11.3 Å². The molecule has 0 bridgehead atoms. The van der Waals surface area contributed by atoms with Gasteiger partial charge in [-0.15, -0.1) is 11.3 Å². The number of carbonyl (C=O) groups excluding carboxylic acids is 2. The van der Waals surface area contributed by atoms with Crippen molar-refractivity contribution in [3.05, 3.63) is 65.3 Å². The zero-order valence-corrected chi connectivity index (χ0v) is 19.9. The van der Waals surface area contributed by atoms with Gasteiger partial charge in [0.15, 0.2) is 5.13 Å². The summed E-state index contributed by atoms with van der Waals surface area (Å²) < 4.78 is 44.9. The van der Waals surface area contributed by atoms with Gasteiger partial charge in [-0.05, 0) is 49.2 Å². The number of piperidine rings is 1. The van der Waals surface area contributed by atoms with E-state index >= 15 is 0 Å². The Balaban J connectivity index is 1.41. The van der Waals surface area contributed by atoms with Crippen LogP contribution < -0.4 is 5.32 Å². The van der Waals surface area contributed by atoms with Crippen LogP contribution in [-0.4, -0.2) is 49.8 Å². The largest absolute Gasteiger partial charge is 0.465 e. The molecule has 178 valence electrons. The zero-order valence-electron chi connectivity index (χ0n) is 18.2. The first-order valence-corrected chi connectivity index (χ1v) is 12.8. The van der Waals surface area contributed by atoms with Gasteiger partial charge in [-0.1, -0.05) is 12.1 Å². The Morgan fingerprint density at radius 2 is 1.85 bits per heavy atom. The summed E-state index contributed by atoms with van der Waals surface area (Å²) in [4.78, 5) is 28.9. The Morgan fingerprint density at radius 3 is 2.53 bits per heavy atom. The average molecular weight is 504 g/mol. The number of hydrogen-bond acceptors (Lipinski definition) is 7. The van der Waals surface area contributed by atoms with Crippen LogP contribution in [0.4, 0.5) is 9.52 Å². The SMILES string of the molecule is COC(=O)c1ccc(-c2csc(NC(=O)C3CCCN(S(=O)(=O)c4ccc(F)cc4)C3)n2)cc1. The first-order valence-electron chi connectivity index (χ1n) is 10.5. The Labute approximate surface area is 200 Å². The molecule has 11 heteroatoms. The minimum Gasteiger partial charge on any atom is -0.465 e. The number of thiazole rings is 1. The fourth-order valence-electron chi connectivity index (χ4n) is 3.70. The maximum Gasteiger partial charge on any atom is 0.337 e. The minimum absolute atomic E-state index is 0.00209. The molecule has 1 atom stereocenters. The maximum atomic E-state index is 13.2. The van der Waals surface area contributed by atoms with Gasteiger partial charge in [-0.3, -0.25) is 4.79 Å². The van der Waals surface area contributed by atoms with E-state index in [1.165, 1.54) is 34.9 Å². The second-order valence-electron chi connectivity index (χ2n) is 7.75. The van der Waals surface area contributed by atoms with Gasteiger partial charge in [0.2, 0.25) is 15.9 Å². The molecule has 1 aliphatic heterocycles. The van der Waals surface area contributed by atoms with Crippen LogP contribution in [-0.2, 0) is 19.6 Å². The fourth-order valence-corrected chi connectivity index (χ4v) is 5.94. The van der Waals surface area contributed by atoms with Crippen molar-refractivity contribution in [2.45, 2.75) is 17.7 Å². The first-order chi connectivity index (χ1) is 16.3. The van der Waals surface area contributed by atoms with Crippen LogP contribution in [0.15, 0.2) is 58.8 Å². The average Bonchev–Trinajstić information content (AvgIpc) is 3.32. The molecule has 4 rings (SSSR count). The Kier molecular flexibility index (Phi) is 7.05. The van der Waals surface area contributed by atoms with Crippen molar-refractivity contribution in [3.63, 3.8) is 0 Å². The van der Waals surface area contributed by atoms with Crippen LogP contribution in [0, 0.1) is 11.7 Å². The predicted molar refractivity (Wildman–Crippen MR) is 125 cm³/mol. The van der Waals surface area contributed by atoms with Crippen molar-refractivity contribution in [3.8, 4) is 11.3 Å². The summed E-state index contributed by atoms with van der Waals surface area (Å²) in [6, 6.07) is 11.4. The van der Waals surface area contributed by atoms with E-state index in [0.717, 1.165) is 17.7 Å². The summed E-state index contributed by atoms with van der Waals surface area (Å²) in [7, 11) is -2.51. The number of anilines is 1. The third-order valence-electron chi connectivity index (χ3n) is 5.54. The van der Waals surface area contributed by atoms with Crippen LogP contribution in [0.2, 0.25) is 0 Å². The second kappa shape index (κ2) is 10.00. The molecule has 0 radical (unpaired) electrons. The highest BCUT2D eigenvalue weighted by Crippen LogP contribution is 2.28. The third kappa shape index (κ3) is 5.16. The molecule has 1 fully saturated rings. The minimum atomic E-state index is -3.82. The van der Waals surface area contributed by atoms with Gasteiger partial charge in [0.25, 0.3) is 0 Å². The van der Waals surface area contributed by atoms with Gasteiger partial charge in [-0.25, -0.2) is 22.6 Å². The lowest BCUT2D eigenvalue weighted by molar-refractivity contribution is -0.120. The van der Waals surface area contributed by atoms with Crippen molar-refractivity contribution >= 4 is 38.4 Å². The number of amides is 1. The van der Waals surface area contributed by atoms with Crippen molar-refractivity contribution in [1.82, 2.24) is 9.29 Å². The number of esters is 1. The zero-order chi connectivity index (χ0) is 24.3. The number of sulfonamides is 1. The molecular formula is C23H22FN3O5S2. The lowest BCUT2D eigenvalue weighted by atomic mass is 9.99. The van der Waals surface area contributed by atoms with Gasteiger partial charge in [0.05, 0.1) is 29.2 Å². The van der Waals surface area contributed by atoms with E-state index in [1.54, 1.807) is 29.6 Å². The highest BCUT2D eigenvalue weighted by atomic mass is 32.2. The number of aromatic nitrogens is 1. The summed E-state index contributed by atoms with van der Waals surface area (Å²) >= 11 is 1.25. The Hall–Kier alpha value is -3.15. The Bertz CT molecular complexity index is 1290. The standard InChI is InChI=1S/C23H22FN3O5S2/c1-32-22(29)16-6-4-15(5-7-16)20-14-33-23(25-20)26-21(28)17-3-2-12-27(13-17)34(30,31)19-10-8-18(24)9-11-19/h4-11,14,17H,2-3,12-13H2,1H3,(H,25,26,28). The normalized spacial score (nSPS) is 16.7. The van der Waals surface area contributed by atoms with E-state index in [4.69, 9.17) is 0 Å². The fraction of sp³-hybridized carbons (Fsp3) is 0.261. The van der Waals surface area contributed by atoms with Crippen molar-refractivity contribution in [1.29, 1.82) is 0 Å². The summed E-state index contributed by atoms with van der Waals surface area (Å²) in [5.41, 5.74) is 1.84. The molecule has 1 amide bonds. The smallest absolute Gasteiger partial charge is 0.337 e. The maximum absolute atomic E-state index is 13.2. The third-order valence-corrected chi connectivity index (χ3v) is 8.18. The molecular weight excluding hydrogens is 481 g/mol. The number of nitrogens with zero attached hydrogens (tertiary/aromatic N) is 2. The molecule has 0 spiro atoms. The molecule has 1 saturated heterocycles. The van der Waals surface area contributed by atoms with Gasteiger partial charge in [0, 0.05) is 24.0 Å². The number of nitrogens with one attached hydrogen (secondary N) is 1. The van der Waals surface area contributed by atoms with Crippen molar-refractivity contribution < 1.29 is 27.1 Å². The lowest BCUT2D eigenvalue weighted by Gasteiger charge is -2.31. The summed E-state index contributed by atoms with van der Waals surface area (Å²) in [6.45, 7) is 0.339. The van der Waals surface area contributed by atoms with Crippen molar-refractivity contribution in [2.24, 2.45) is 5.92 Å². The highest BCUT2D eigenvalue weighted by molar-refractivity contribution is 7.89. The van der Waals surface area contributed by atoms with E-state index in [-0.39, 0.29) is 17.3 Å². The number of ether oxygens (including phenoxy) is 1. The second-order valence-corrected chi connectivity index (χ2v) is 10.5. The van der Waals surface area contributed by atoms with E-state index in [2.05, 4.69) is 15.0 Å². The summed E-state index contributed by atoms with van der Waals surface area (Å²) in [5.74, 6) is -1.78. The van der Waals surface area contributed by atoms with E-state index in [0.29, 0.717) is 35.8 Å². The molecule has 2 heterocycles. The van der Waals surface area contributed by atoms with Crippen LogP contribution >= 0.6 is 11.3 Å². The van der Waals surface area contributed by atoms with Gasteiger partial charge < -0.3 is 10.1 Å². The number of hydrogen-bond donors (Lipinski definition) is 1. The number of carbonyl (C=O) groups is 2. The van der Waals surface area contributed by atoms with Gasteiger partial charge in [-0.2, -0.15) is 4.31 Å².